The molecule has 0 radical (unpaired) electrons. The van der Waals surface area contributed by atoms with Crippen LogP contribution in [0, 0.1) is 18.8 Å². The molecule has 0 unspecified atom stereocenters. The van der Waals surface area contributed by atoms with Gasteiger partial charge in [-0.25, -0.2) is 8.42 Å². The molecule has 2 heterocycles. The minimum atomic E-state index is -3.45. The molecule has 9 nitrogen and oxygen atoms in total. The van der Waals surface area contributed by atoms with Gasteiger partial charge in [0.25, 0.3) is 0 Å². The zero-order chi connectivity index (χ0) is 31.9. The van der Waals surface area contributed by atoms with Gasteiger partial charge < -0.3 is 19.8 Å². The highest BCUT2D eigenvalue weighted by Gasteiger charge is 2.30. The molecule has 11 heteroatoms. The number of carbonyl (C=O) groups is 2. The molecule has 0 aliphatic carbocycles. The van der Waals surface area contributed by atoms with Crippen LogP contribution in [0.15, 0.2) is 42.5 Å². The normalized spacial score (nSPS) is 17.1. The summed E-state index contributed by atoms with van der Waals surface area (Å²) in [6.45, 7) is 8.15. The molecule has 4 rings (SSSR count). The van der Waals surface area contributed by atoms with Gasteiger partial charge in [-0.2, -0.15) is 0 Å². The van der Waals surface area contributed by atoms with Gasteiger partial charge in [0, 0.05) is 43.2 Å². The van der Waals surface area contributed by atoms with Crippen LogP contribution < -0.4 is 9.21 Å². The minimum Gasteiger partial charge on any atom is -0.394 e. The average molecular weight is 647 g/mol. The molecule has 2 aromatic carbocycles. The van der Waals surface area contributed by atoms with E-state index >= 15 is 0 Å². The van der Waals surface area contributed by atoms with E-state index in [1.54, 1.807) is 6.92 Å². The number of likely N-dealkylation sites (tertiary alicyclic amines) is 2. The van der Waals surface area contributed by atoms with Gasteiger partial charge in [-0.3, -0.25) is 13.9 Å². The Morgan fingerprint density at radius 2 is 1.59 bits per heavy atom. The lowest BCUT2D eigenvalue weighted by Gasteiger charge is -2.35. The molecule has 0 atom stereocenters. The number of halogens is 1. The van der Waals surface area contributed by atoms with E-state index < -0.39 is 10.0 Å². The number of amides is 2. The van der Waals surface area contributed by atoms with E-state index in [0.717, 1.165) is 62.8 Å². The van der Waals surface area contributed by atoms with Crippen molar-refractivity contribution in [1.82, 2.24) is 9.80 Å². The van der Waals surface area contributed by atoms with Gasteiger partial charge in [0.2, 0.25) is 21.8 Å². The number of hydrogen-bond acceptors (Lipinski definition) is 6. The van der Waals surface area contributed by atoms with Gasteiger partial charge in [-0.1, -0.05) is 29.8 Å². The van der Waals surface area contributed by atoms with Crippen LogP contribution in [0.25, 0.3) is 0 Å². The van der Waals surface area contributed by atoms with Crippen molar-refractivity contribution in [3.63, 3.8) is 0 Å². The minimum absolute atomic E-state index is 0.0434. The first-order chi connectivity index (χ1) is 21.0. The number of hydrogen-bond donors (Lipinski definition) is 1. The van der Waals surface area contributed by atoms with Crippen LogP contribution in [0.4, 0.5) is 11.4 Å². The predicted octanol–water partition coefficient (Wildman–Crippen LogP) is 4.34. The smallest absolute Gasteiger partial charge is 0.232 e. The molecule has 2 aliphatic heterocycles. The molecule has 2 aliphatic rings. The average Bonchev–Trinajstić information content (AvgIpc) is 3.00. The number of piperidine rings is 2. The number of aryl methyl sites for hydroxylation is 1. The third-order valence-corrected chi connectivity index (χ3v) is 10.6. The molecular weight excluding hydrogens is 600 g/mol. The number of benzene rings is 2. The number of sulfonamides is 1. The lowest BCUT2D eigenvalue weighted by molar-refractivity contribution is -0.133. The summed E-state index contributed by atoms with van der Waals surface area (Å²) >= 11 is 6.46. The lowest BCUT2D eigenvalue weighted by atomic mass is 9.90. The molecule has 0 saturated carbocycles. The Labute approximate surface area is 267 Å². The maximum atomic E-state index is 13.7. The Morgan fingerprint density at radius 3 is 2.16 bits per heavy atom. The van der Waals surface area contributed by atoms with Crippen molar-refractivity contribution >= 4 is 44.8 Å². The quantitative estimate of drug-likeness (QED) is 0.368. The van der Waals surface area contributed by atoms with E-state index in [1.807, 2.05) is 59.2 Å². The molecule has 2 saturated heterocycles. The van der Waals surface area contributed by atoms with Crippen molar-refractivity contribution in [1.29, 1.82) is 0 Å². The molecule has 0 aromatic heterocycles. The van der Waals surface area contributed by atoms with Crippen molar-refractivity contribution < 1.29 is 23.1 Å². The van der Waals surface area contributed by atoms with Crippen molar-refractivity contribution in [3.8, 4) is 0 Å². The van der Waals surface area contributed by atoms with Crippen LogP contribution in [-0.2, 0) is 26.0 Å². The maximum Gasteiger partial charge on any atom is 0.232 e. The molecule has 242 valence electrons. The number of aliphatic hydroxyl groups excluding tert-OH is 1. The van der Waals surface area contributed by atoms with Crippen molar-refractivity contribution in [2.45, 2.75) is 52.4 Å². The molecule has 1 N–H and O–H groups in total. The van der Waals surface area contributed by atoms with E-state index in [2.05, 4.69) is 4.90 Å². The molecule has 44 heavy (non-hydrogen) atoms. The molecule has 0 bridgehead atoms. The highest BCUT2D eigenvalue weighted by Crippen LogP contribution is 2.28. The zero-order valence-electron chi connectivity index (χ0n) is 26.3. The van der Waals surface area contributed by atoms with Gasteiger partial charge in [-0.05, 0) is 106 Å². The van der Waals surface area contributed by atoms with Crippen LogP contribution in [0.3, 0.4) is 0 Å². The molecule has 2 amide bonds. The van der Waals surface area contributed by atoms with Crippen molar-refractivity contribution in [3.05, 3.63) is 58.6 Å². The van der Waals surface area contributed by atoms with E-state index in [-0.39, 0.29) is 30.9 Å². The fourth-order valence-electron chi connectivity index (χ4n) is 6.35. The summed E-state index contributed by atoms with van der Waals surface area (Å²) in [5, 5.41) is 9.92. The number of rotatable bonds is 12. The van der Waals surface area contributed by atoms with Crippen LogP contribution in [0.2, 0.25) is 5.02 Å². The topological polar surface area (TPSA) is 101 Å². The van der Waals surface area contributed by atoms with Crippen LogP contribution in [0.1, 0.15) is 50.2 Å². The summed E-state index contributed by atoms with van der Waals surface area (Å²) in [7, 11) is -3.45. The van der Waals surface area contributed by atoms with Gasteiger partial charge in [0.05, 0.1) is 25.1 Å². The van der Waals surface area contributed by atoms with Gasteiger partial charge in [0.15, 0.2) is 0 Å². The van der Waals surface area contributed by atoms with E-state index in [4.69, 9.17) is 11.6 Å². The molecule has 2 fully saturated rings. The lowest BCUT2D eigenvalue weighted by Crippen LogP contribution is -2.45. The van der Waals surface area contributed by atoms with Crippen molar-refractivity contribution in [2.24, 2.45) is 11.8 Å². The molecule has 0 spiro atoms. The number of anilines is 2. The van der Waals surface area contributed by atoms with Gasteiger partial charge in [0.1, 0.15) is 0 Å². The van der Waals surface area contributed by atoms with E-state index in [0.29, 0.717) is 49.1 Å². The summed E-state index contributed by atoms with van der Waals surface area (Å²) in [5.41, 5.74) is 3.57. The third kappa shape index (κ3) is 9.19. The van der Waals surface area contributed by atoms with E-state index in [1.165, 1.54) is 9.87 Å². The van der Waals surface area contributed by atoms with Gasteiger partial charge >= 0.3 is 0 Å². The van der Waals surface area contributed by atoms with Crippen molar-refractivity contribution in [2.75, 3.05) is 67.9 Å². The highest BCUT2D eigenvalue weighted by molar-refractivity contribution is 7.92. The van der Waals surface area contributed by atoms with Gasteiger partial charge in [-0.15, -0.1) is 0 Å². The first kappa shape index (κ1) is 34.2. The summed E-state index contributed by atoms with van der Waals surface area (Å²) in [4.78, 5) is 31.7. The summed E-state index contributed by atoms with van der Waals surface area (Å²) < 4.78 is 25.4. The van der Waals surface area contributed by atoms with E-state index in [9.17, 15) is 23.1 Å². The van der Waals surface area contributed by atoms with Crippen LogP contribution in [0.5, 0.6) is 0 Å². The standard InChI is InChI=1S/C33H47ClN4O5S/c1-25-5-8-31(24-32(25)34)37(33(41)29-13-19-36(20-14-29)26(2)40)16-4-15-35-17-11-28(12-18-35)23-27-6-9-30(10-7-27)38(21-22-39)44(3,42)43/h5-10,24,28-29,39H,4,11-23H2,1-3H3. The fraction of sp³-hybridized carbons (Fsp3) is 0.576. The zero-order valence-corrected chi connectivity index (χ0v) is 27.8. The second-order valence-electron chi connectivity index (χ2n) is 12.3. The van der Waals surface area contributed by atoms with Crippen LogP contribution in [-0.4, -0.2) is 93.8 Å². The third-order valence-electron chi connectivity index (χ3n) is 9.04. The first-order valence-corrected chi connectivity index (χ1v) is 17.9. The molecule has 2 aromatic rings. The number of aliphatic hydroxyl groups is 1. The summed E-state index contributed by atoms with van der Waals surface area (Å²) in [6.07, 6.45) is 6.51. The summed E-state index contributed by atoms with van der Waals surface area (Å²) in [5.74, 6) is 0.651. The Bertz CT molecular complexity index is 1370. The first-order valence-electron chi connectivity index (χ1n) is 15.7. The fourth-order valence-corrected chi connectivity index (χ4v) is 7.45. The highest BCUT2D eigenvalue weighted by atomic mass is 35.5. The molecular formula is C33H47ClN4O5S. The predicted molar refractivity (Wildman–Crippen MR) is 177 cm³/mol. The maximum absolute atomic E-state index is 13.7. The second-order valence-corrected chi connectivity index (χ2v) is 14.6. The monoisotopic (exact) mass is 646 g/mol. The Hall–Kier alpha value is -2.66. The Balaban J connectivity index is 1.28. The Kier molecular flexibility index (Phi) is 12.1. The Morgan fingerprint density at radius 1 is 0.955 bits per heavy atom. The SMILES string of the molecule is CC(=O)N1CCC(C(=O)N(CCCN2CCC(Cc3ccc(N(CCO)S(C)(=O)=O)cc3)CC2)c2ccc(C)c(Cl)c2)CC1. The number of carbonyl (C=O) groups excluding carboxylic acids is 2. The number of nitrogens with zero attached hydrogens (tertiary/aromatic N) is 4. The largest absolute Gasteiger partial charge is 0.394 e. The second kappa shape index (κ2) is 15.6. The van der Waals surface area contributed by atoms with Crippen LogP contribution >= 0.6 is 11.6 Å². The summed E-state index contributed by atoms with van der Waals surface area (Å²) in [6, 6.07) is 13.5.